The highest BCUT2D eigenvalue weighted by atomic mass is 35.5. The van der Waals surface area contributed by atoms with Gasteiger partial charge in [0.2, 0.25) is 9.84 Å². The van der Waals surface area contributed by atoms with Gasteiger partial charge in [-0.3, -0.25) is 0 Å². The lowest BCUT2D eigenvalue weighted by Crippen LogP contribution is -2.34. The molecule has 2 aromatic rings. The van der Waals surface area contributed by atoms with Gasteiger partial charge in [-0.1, -0.05) is 29.3 Å². The number of benzene rings is 1. The van der Waals surface area contributed by atoms with Crippen molar-refractivity contribution in [3.8, 4) is 0 Å². The van der Waals surface area contributed by atoms with Crippen LogP contribution in [-0.4, -0.2) is 8.42 Å². The average molecular weight is 332 g/mol. The van der Waals surface area contributed by atoms with Gasteiger partial charge in [0.1, 0.15) is 0 Å². The molecule has 0 spiro atoms. The Bertz CT molecular complexity index is 747. The van der Waals surface area contributed by atoms with Crippen molar-refractivity contribution in [2.45, 2.75) is 17.2 Å². The van der Waals surface area contributed by atoms with E-state index in [0.29, 0.717) is 15.3 Å². The molecule has 0 saturated heterocycles. The standard InChI is InChI=1S/C13H11Cl2NO3S/c1-9(10-5-6-11(14)12(15)8-10)20(18,19)13-4-2-3-7-16(13)17/h2-9H,1H3. The second-order valence-electron chi connectivity index (χ2n) is 4.23. The number of sulfone groups is 1. The average Bonchev–Trinajstić information content (AvgIpc) is 2.41. The van der Waals surface area contributed by atoms with Gasteiger partial charge >= 0.3 is 5.03 Å². The van der Waals surface area contributed by atoms with E-state index >= 15 is 0 Å². The lowest BCUT2D eigenvalue weighted by Gasteiger charge is -2.13. The molecule has 0 N–H and O–H groups in total. The zero-order chi connectivity index (χ0) is 14.9. The molecule has 0 fully saturated rings. The number of hydrogen-bond acceptors (Lipinski definition) is 3. The van der Waals surface area contributed by atoms with E-state index in [2.05, 4.69) is 0 Å². The molecule has 0 saturated carbocycles. The van der Waals surface area contributed by atoms with Gasteiger partial charge in [-0.25, -0.2) is 8.42 Å². The Morgan fingerprint density at radius 2 is 1.85 bits per heavy atom. The summed E-state index contributed by atoms with van der Waals surface area (Å²) in [6.07, 6.45) is 1.15. The van der Waals surface area contributed by atoms with E-state index in [1.165, 1.54) is 37.3 Å². The molecule has 0 aliphatic rings. The number of halogens is 2. The van der Waals surface area contributed by atoms with Gasteiger partial charge in [-0.05, 0) is 30.7 Å². The Morgan fingerprint density at radius 3 is 2.45 bits per heavy atom. The molecule has 1 atom stereocenters. The first kappa shape index (κ1) is 15.1. The van der Waals surface area contributed by atoms with E-state index in [1.807, 2.05) is 0 Å². The molecule has 0 amide bonds. The van der Waals surface area contributed by atoms with Gasteiger partial charge in [0.05, 0.1) is 15.3 Å². The van der Waals surface area contributed by atoms with E-state index in [0.717, 1.165) is 6.20 Å². The number of hydrogen-bond donors (Lipinski definition) is 0. The Hall–Kier alpha value is -1.30. The first-order valence-electron chi connectivity index (χ1n) is 5.71. The predicted octanol–water partition coefficient (Wildman–Crippen LogP) is 3.16. The van der Waals surface area contributed by atoms with E-state index < -0.39 is 15.1 Å². The lowest BCUT2D eigenvalue weighted by molar-refractivity contribution is -0.646. The van der Waals surface area contributed by atoms with Crippen LogP contribution in [0.3, 0.4) is 0 Å². The van der Waals surface area contributed by atoms with E-state index in [4.69, 9.17) is 23.2 Å². The van der Waals surface area contributed by atoms with Crippen LogP contribution < -0.4 is 4.73 Å². The molecule has 0 aliphatic heterocycles. The van der Waals surface area contributed by atoms with Crippen LogP contribution in [0.4, 0.5) is 0 Å². The van der Waals surface area contributed by atoms with Gasteiger partial charge in [-0.15, -0.1) is 0 Å². The third kappa shape index (κ3) is 2.75. The number of rotatable bonds is 3. The third-order valence-electron chi connectivity index (χ3n) is 2.96. The minimum absolute atomic E-state index is 0.272. The fourth-order valence-corrected chi connectivity index (χ4v) is 3.51. The van der Waals surface area contributed by atoms with Crippen LogP contribution in [0.2, 0.25) is 10.0 Å². The monoisotopic (exact) mass is 331 g/mol. The van der Waals surface area contributed by atoms with Crippen molar-refractivity contribution in [2.24, 2.45) is 0 Å². The Labute approximate surface area is 127 Å². The molecule has 1 heterocycles. The second-order valence-corrected chi connectivity index (χ2v) is 7.26. The molecule has 0 aliphatic carbocycles. The van der Waals surface area contributed by atoms with Crippen molar-refractivity contribution < 1.29 is 13.1 Å². The Balaban J connectivity index is 2.49. The lowest BCUT2D eigenvalue weighted by atomic mass is 10.2. The zero-order valence-corrected chi connectivity index (χ0v) is 12.8. The molecule has 4 nitrogen and oxygen atoms in total. The maximum atomic E-state index is 12.5. The van der Waals surface area contributed by atoms with Crippen molar-refractivity contribution in [1.82, 2.24) is 0 Å². The van der Waals surface area contributed by atoms with Crippen LogP contribution in [0.5, 0.6) is 0 Å². The minimum Gasteiger partial charge on any atom is -0.618 e. The quantitative estimate of drug-likeness (QED) is 0.641. The van der Waals surface area contributed by atoms with Crippen LogP contribution in [0.25, 0.3) is 0 Å². The van der Waals surface area contributed by atoms with Gasteiger partial charge in [-0.2, -0.15) is 4.73 Å². The highest BCUT2D eigenvalue weighted by Crippen LogP contribution is 2.31. The highest BCUT2D eigenvalue weighted by Gasteiger charge is 2.31. The van der Waals surface area contributed by atoms with Crippen LogP contribution in [-0.2, 0) is 9.84 Å². The predicted molar refractivity (Wildman–Crippen MR) is 77.5 cm³/mol. The van der Waals surface area contributed by atoms with Gasteiger partial charge < -0.3 is 5.21 Å². The molecule has 2 rings (SSSR count). The summed E-state index contributed by atoms with van der Waals surface area (Å²) in [6, 6.07) is 8.84. The van der Waals surface area contributed by atoms with E-state index in [1.54, 1.807) is 6.07 Å². The SMILES string of the molecule is CC(c1ccc(Cl)c(Cl)c1)S(=O)(=O)c1cccc[n+]1[O-]. The first-order valence-corrected chi connectivity index (χ1v) is 8.01. The summed E-state index contributed by atoms with van der Waals surface area (Å²) in [7, 11) is -3.80. The number of aromatic nitrogens is 1. The topological polar surface area (TPSA) is 61.1 Å². The molecule has 20 heavy (non-hydrogen) atoms. The van der Waals surface area contributed by atoms with Crippen LogP contribution in [0.15, 0.2) is 47.6 Å². The van der Waals surface area contributed by atoms with Crippen LogP contribution in [0, 0.1) is 5.21 Å². The molecule has 7 heteroatoms. The Kier molecular flexibility index (Phi) is 4.22. The second kappa shape index (κ2) is 5.60. The summed E-state index contributed by atoms with van der Waals surface area (Å²) in [5, 5.41) is 11.0. The molecular formula is C13H11Cl2NO3S. The fourth-order valence-electron chi connectivity index (χ4n) is 1.76. The summed E-state index contributed by atoms with van der Waals surface area (Å²) in [5.74, 6) is 0. The minimum atomic E-state index is -3.80. The van der Waals surface area contributed by atoms with Crippen LogP contribution >= 0.6 is 23.2 Å². The number of nitrogens with zero attached hydrogens (tertiary/aromatic N) is 1. The molecular weight excluding hydrogens is 321 g/mol. The van der Waals surface area contributed by atoms with Crippen molar-refractivity contribution in [2.75, 3.05) is 0 Å². The molecule has 1 aromatic carbocycles. The maximum absolute atomic E-state index is 12.5. The van der Waals surface area contributed by atoms with Crippen molar-refractivity contribution in [3.63, 3.8) is 0 Å². The van der Waals surface area contributed by atoms with Crippen LogP contribution in [0.1, 0.15) is 17.7 Å². The van der Waals surface area contributed by atoms with Gasteiger partial charge in [0.25, 0.3) is 0 Å². The maximum Gasteiger partial charge on any atom is 0.309 e. The molecule has 0 bridgehead atoms. The largest absolute Gasteiger partial charge is 0.618 e. The summed E-state index contributed by atoms with van der Waals surface area (Å²) in [5.41, 5.74) is 0.475. The van der Waals surface area contributed by atoms with E-state index in [9.17, 15) is 13.6 Å². The van der Waals surface area contributed by atoms with E-state index in [-0.39, 0.29) is 10.0 Å². The summed E-state index contributed by atoms with van der Waals surface area (Å²) in [4.78, 5) is 0. The van der Waals surface area contributed by atoms with Crippen molar-refractivity contribution in [3.05, 3.63) is 63.4 Å². The molecule has 1 unspecified atom stereocenters. The normalized spacial score (nSPS) is 13.2. The molecule has 1 aromatic heterocycles. The first-order chi connectivity index (χ1) is 9.34. The third-order valence-corrected chi connectivity index (χ3v) is 5.80. The van der Waals surface area contributed by atoms with Gasteiger partial charge in [0, 0.05) is 12.1 Å². The smallest absolute Gasteiger partial charge is 0.309 e. The van der Waals surface area contributed by atoms with Crippen molar-refractivity contribution >= 4 is 33.0 Å². The molecule has 0 radical (unpaired) electrons. The zero-order valence-electron chi connectivity index (χ0n) is 10.5. The highest BCUT2D eigenvalue weighted by molar-refractivity contribution is 7.91. The van der Waals surface area contributed by atoms with Gasteiger partial charge in [0.15, 0.2) is 6.20 Å². The summed E-state index contributed by atoms with van der Waals surface area (Å²) in [6.45, 7) is 1.50. The number of pyridine rings is 1. The molecule has 106 valence electrons. The van der Waals surface area contributed by atoms with Crippen molar-refractivity contribution in [1.29, 1.82) is 0 Å². The summed E-state index contributed by atoms with van der Waals surface area (Å²) < 4.78 is 25.2. The fraction of sp³-hybridized carbons (Fsp3) is 0.154. The summed E-state index contributed by atoms with van der Waals surface area (Å²) >= 11 is 11.7. The Morgan fingerprint density at radius 1 is 1.15 bits per heavy atom.